The van der Waals surface area contributed by atoms with Gasteiger partial charge in [0.25, 0.3) is 0 Å². The van der Waals surface area contributed by atoms with Crippen molar-refractivity contribution in [1.82, 2.24) is 0 Å². The fourth-order valence-corrected chi connectivity index (χ4v) is 2.45. The lowest BCUT2D eigenvalue weighted by atomic mass is 9.83. The average Bonchev–Trinajstić information content (AvgIpc) is 2.57. The lowest BCUT2D eigenvalue weighted by Gasteiger charge is -2.34. The van der Waals surface area contributed by atoms with Crippen LogP contribution in [0.4, 0.5) is 61.5 Å². The molecule has 0 aliphatic heterocycles. The second-order valence-corrected chi connectivity index (χ2v) is 6.72. The largest absolute Gasteiger partial charge is 0.460 e. The van der Waals surface area contributed by atoms with E-state index in [9.17, 15) is 66.6 Å². The van der Waals surface area contributed by atoms with Crippen molar-refractivity contribution in [3.05, 3.63) is 34.9 Å². The summed E-state index contributed by atoms with van der Waals surface area (Å²) in [5.74, 6) is -28.6. The highest BCUT2D eigenvalue weighted by Gasteiger charge is 2.76. The topological polar surface area (TPSA) is 19.9 Å². The molecule has 0 fully saturated rings. The van der Waals surface area contributed by atoms with E-state index < -0.39 is 64.8 Å². The summed E-state index contributed by atoms with van der Waals surface area (Å²) >= 11 is 0. The average molecular weight is 485 g/mol. The third-order valence-electron chi connectivity index (χ3n) is 4.17. The van der Waals surface area contributed by atoms with Crippen LogP contribution in [0.25, 0.3) is 0 Å². The van der Waals surface area contributed by atoms with Crippen molar-refractivity contribution < 1.29 is 66.6 Å². The van der Waals surface area contributed by atoms with E-state index in [-0.39, 0.29) is 18.2 Å². The van der Waals surface area contributed by atoms with Gasteiger partial charge in [0, 0.05) is 16.7 Å². The van der Waals surface area contributed by atoms with Gasteiger partial charge >= 0.3 is 36.0 Å². The van der Waals surface area contributed by atoms with Gasteiger partial charge in [0.2, 0.25) is 0 Å². The lowest BCUT2D eigenvalue weighted by molar-refractivity contribution is -0.361. The van der Waals surface area contributed by atoms with Gasteiger partial charge in [-0.25, -0.2) is 5.11 Å². The van der Waals surface area contributed by atoms with Gasteiger partial charge in [0.05, 0.1) is 0 Å². The van der Waals surface area contributed by atoms with Crippen LogP contribution in [0.1, 0.15) is 36.6 Å². The lowest BCUT2D eigenvalue weighted by Crippen LogP contribution is -2.52. The Bertz CT molecular complexity index is 734. The minimum absolute atomic E-state index is 0.165. The molecule has 0 aromatic heterocycles. The van der Waals surface area contributed by atoms with Crippen LogP contribution in [0.15, 0.2) is 18.2 Å². The number of hydrogen-bond acceptors (Lipinski definition) is 0. The highest BCUT2D eigenvalue weighted by Crippen LogP contribution is 2.57. The monoisotopic (exact) mass is 485 g/mol. The maximum absolute atomic E-state index is 14.1. The van der Waals surface area contributed by atoms with E-state index in [1.165, 1.54) is 0 Å². The molecule has 179 valence electrons. The first-order chi connectivity index (χ1) is 13.5. The molecule has 15 heteroatoms. The Morgan fingerprint density at radius 2 is 0.903 bits per heavy atom. The first-order valence-corrected chi connectivity index (χ1v) is 7.90. The first-order valence-electron chi connectivity index (χ1n) is 7.90. The molecule has 1 aromatic carbocycles. The summed E-state index contributed by atoms with van der Waals surface area (Å²) in [4.78, 5) is 0. The number of benzene rings is 1. The molecule has 0 aliphatic rings. The van der Waals surface area contributed by atoms with E-state index in [0.29, 0.717) is 0 Å². The number of rotatable bonds is 6. The molecule has 1 nitrogen and oxygen atoms in total. The quantitative estimate of drug-likeness (QED) is 0.375. The van der Waals surface area contributed by atoms with Crippen LogP contribution >= 0.6 is 0 Å². The Balaban J connectivity index is 4.06. The molecule has 1 rings (SSSR count). The van der Waals surface area contributed by atoms with Gasteiger partial charge in [-0.05, 0) is 5.92 Å². The highest BCUT2D eigenvalue weighted by molar-refractivity contribution is 5.44. The van der Waals surface area contributed by atoms with Gasteiger partial charge in [0.1, 0.15) is 6.10 Å². The molecule has 0 amide bonds. The van der Waals surface area contributed by atoms with E-state index in [0.717, 1.165) is 13.8 Å². The molecule has 1 atom stereocenters. The van der Waals surface area contributed by atoms with Gasteiger partial charge < -0.3 is 0 Å². The molecule has 1 radical (unpaired) electrons. The Kier molecular flexibility index (Phi) is 6.73. The molecule has 0 N–H and O–H groups in total. The van der Waals surface area contributed by atoms with Gasteiger partial charge in [0.15, 0.2) is 0 Å². The second kappa shape index (κ2) is 7.66. The van der Waals surface area contributed by atoms with Crippen LogP contribution < -0.4 is 0 Å². The molecular weight excluding hydrogens is 474 g/mol. The molecular formula is C16H11F14O. The molecule has 0 saturated heterocycles. The van der Waals surface area contributed by atoms with E-state index >= 15 is 0 Å². The summed E-state index contributed by atoms with van der Waals surface area (Å²) in [6.07, 6.45) is -17.1. The van der Waals surface area contributed by atoms with Gasteiger partial charge in [-0.3, -0.25) is 0 Å². The van der Waals surface area contributed by atoms with Crippen molar-refractivity contribution in [2.24, 2.45) is 5.92 Å². The predicted octanol–water partition coefficient (Wildman–Crippen LogP) is 7.39. The zero-order valence-electron chi connectivity index (χ0n) is 15.1. The summed E-state index contributed by atoms with van der Waals surface area (Å²) in [5.41, 5.74) is -7.92. The third-order valence-corrected chi connectivity index (χ3v) is 4.17. The van der Waals surface area contributed by atoms with Crippen molar-refractivity contribution in [3.8, 4) is 0 Å². The Labute approximate surface area is 164 Å². The number of hydrogen-bond donors (Lipinski definition) is 0. The Hall–Kier alpha value is -1.80. The van der Waals surface area contributed by atoms with Crippen molar-refractivity contribution in [2.45, 2.75) is 56.0 Å². The van der Waals surface area contributed by atoms with Crippen molar-refractivity contribution >= 4 is 0 Å². The summed E-state index contributed by atoms with van der Waals surface area (Å²) in [6, 6.07) is -0.872. The standard InChI is InChI=1S/C16H11F14O/c1-6(2)10(31)9-7(11(17,18)13(21,22)15(25,26)27)4-3-5-8(9)12(19,20)14(23,24)16(28,29)30/h3-6,10H,1-2H3. The predicted molar refractivity (Wildman–Crippen MR) is 74.5 cm³/mol. The Morgan fingerprint density at radius 3 is 1.13 bits per heavy atom. The molecule has 0 heterocycles. The van der Waals surface area contributed by atoms with Crippen LogP contribution in [-0.2, 0) is 17.0 Å². The minimum Gasteiger partial charge on any atom is -0.228 e. The summed E-state index contributed by atoms with van der Waals surface area (Å²) in [7, 11) is 0. The van der Waals surface area contributed by atoms with E-state index in [1.807, 2.05) is 0 Å². The summed E-state index contributed by atoms with van der Waals surface area (Å²) in [6.45, 7) is 1.52. The fraction of sp³-hybridized carbons (Fsp3) is 0.625. The maximum Gasteiger partial charge on any atom is 0.460 e. The van der Waals surface area contributed by atoms with Crippen LogP contribution in [-0.4, -0.2) is 24.2 Å². The van der Waals surface area contributed by atoms with Crippen molar-refractivity contribution in [3.63, 3.8) is 0 Å². The minimum atomic E-state index is -7.00. The summed E-state index contributed by atoms with van der Waals surface area (Å²) in [5, 5.41) is 12.2. The van der Waals surface area contributed by atoms with Crippen LogP contribution in [0, 0.1) is 5.92 Å². The van der Waals surface area contributed by atoms with Crippen molar-refractivity contribution in [2.75, 3.05) is 0 Å². The van der Waals surface area contributed by atoms with Crippen LogP contribution in [0.2, 0.25) is 0 Å². The van der Waals surface area contributed by atoms with Crippen LogP contribution in [0.5, 0.6) is 0 Å². The summed E-state index contributed by atoms with van der Waals surface area (Å²) < 4.78 is 185. The fourth-order valence-electron chi connectivity index (χ4n) is 2.45. The maximum atomic E-state index is 14.1. The smallest absolute Gasteiger partial charge is 0.228 e. The second-order valence-electron chi connectivity index (χ2n) is 6.72. The zero-order chi connectivity index (χ0) is 25.0. The number of alkyl halides is 14. The SMILES string of the molecule is CC(C)C([O])c1c(C(F)(F)C(F)(F)C(F)(F)F)cccc1C(F)(F)C(F)(F)C(F)(F)F. The molecule has 0 spiro atoms. The van der Waals surface area contributed by atoms with Crippen molar-refractivity contribution in [1.29, 1.82) is 0 Å². The van der Waals surface area contributed by atoms with E-state index in [1.54, 1.807) is 0 Å². The van der Waals surface area contributed by atoms with Gasteiger partial charge in [-0.15, -0.1) is 0 Å². The van der Waals surface area contributed by atoms with Gasteiger partial charge in [-0.2, -0.15) is 61.5 Å². The van der Waals surface area contributed by atoms with E-state index in [2.05, 4.69) is 0 Å². The molecule has 1 unspecified atom stereocenters. The van der Waals surface area contributed by atoms with Crippen LogP contribution in [0.3, 0.4) is 0 Å². The molecule has 0 aliphatic carbocycles. The first kappa shape index (κ1) is 27.2. The molecule has 0 bridgehead atoms. The Morgan fingerprint density at radius 1 is 0.613 bits per heavy atom. The molecule has 0 saturated carbocycles. The third kappa shape index (κ3) is 4.16. The van der Waals surface area contributed by atoms with E-state index in [4.69, 9.17) is 0 Å². The van der Waals surface area contributed by atoms with Gasteiger partial charge in [-0.1, -0.05) is 32.0 Å². The normalized spacial score (nSPS) is 16.1. The number of halogens is 14. The highest BCUT2D eigenvalue weighted by atomic mass is 19.4. The molecule has 1 aromatic rings. The zero-order valence-corrected chi connectivity index (χ0v) is 15.1. The molecule has 31 heavy (non-hydrogen) atoms.